The summed E-state index contributed by atoms with van der Waals surface area (Å²) in [6.07, 6.45) is 13.4. The van der Waals surface area contributed by atoms with E-state index in [9.17, 15) is 4.79 Å². The van der Waals surface area contributed by atoms with E-state index >= 15 is 0 Å². The molecule has 1 unspecified atom stereocenters. The van der Waals surface area contributed by atoms with Crippen molar-refractivity contribution in [2.24, 2.45) is 0 Å². The minimum atomic E-state index is -1.01. The van der Waals surface area contributed by atoms with Gasteiger partial charge in [0.25, 0.3) is 0 Å². The molecule has 0 saturated carbocycles. The van der Waals surface area contributed by atoms with Gasteiger partial charge in [-0.1, -0.05) is 71.1 Å². The van der Waals surface area contributed by atoms with E-state index in [0.29, 0.717) is 0 Å². The number of aliphatic hydroxyl groups is 2. The van der Waals surface area contributed by atoms with Gasteiger partial charge in [0.15, 0.2) is 0 Å². The number of hydrogen-bond acceptors (Lipinski definition) is 5. The zero-order valence-electron chi connectivity index (χ0n) is 13.8. The molecule has 22 heavy (non-hydrogen) atoms. The van der Waals surface area contributed by atoms with Gasteiger partial charge in [-0.15, -0.1) is 0 Å². The van der Waals surface area contributed by atoms with Crippen molar-refractivity contribution >= 4 is 31.2 Å². The molecular formula is C16H34O4S2. The third-order valence-corrected chi connectivity index (χ3v) is 3.76. The first-order chi connectivity index (χ1) is 10.5. The van der Waals surface area contributed by atoms with Crippen molar-refractivity contribution in [1.82, 2.24) is 0 Å². The van der Waals surface area contributed by atoms with Crippen LogP contribution in [0.5, 0.6) is 0 Å². The van der Waals surface area contributed by atoms with E-state index in [-0.39, 0.29) is 6.61 Å². The maximum atomic E-state index is 9.55. The molecule has 0 radical (unpaired) electrons. The molecule has 134 valence electrons. The molecule has 0 aliphatic rings. The number of rotatable bonds is 13. The summed E-state index contributed by atoms with van der Waals surface area (Å²) in [6.45, 7) is 2.16. The van der Waals surface area contributed by atoms with Gasteiger partial charge in [0, 0.05) is 0 Å². The third kappa shape index (κ3) is 22.4. The van der Waals surface area contributed by atoms with Gasteiger partial charge in [-0.25, -0.2) is 0 Å². The van der Waals surface area contributed by atoms with Gasteiger partial charge in [0.1, 0.15) is 4.58 Å². The van der Waals surface area contributed by atoms with Crippen LogP contribution in [-0.4, -0.2) is 38.6 Å². The number of aliphatic carboxylic acids is 1. The molecule has 0 fully saturated rings. The SMILES string of the molecule is CCCCCCCCCCCCC(O)CO.O=C(O)C(S)S. The molecule has 0 spiro atoms. The Morgan fingerprint density at radius 1 is 0.909 bits per heavy atom. The van der Waals surface area contributed by atoms with Crippen LogP contribution in [0.1, 0.15) is 77.6 Å². The highest BCUT2D eigenvalue weighted by Crippen LogP contribution is 2.11. The van der Waals surface area contributed by atoms with Crippen LogP contribution < -0.4 is 0 Å². The summed E-state index contributed by atoms with van der Waals surface area (Å²) in [5.41, 5.74) is 0. The molecule has 6 heteroatoms. The largest absolute Gasteiger partial charge is 0.480 e. The maximum Gasteiger partial charge on any atom is 0.326 e. The number of carboxylic acids is 1. The lowest BCUT2D eigenvalue weighted by molar-refractivity contribution is -0.134. The monoisotopic (exact) mass is 354 g/mol. The molecule has 0 aromatic rings. The Balaban J connectivity index is 0. The number of carboxylic acid groups (broad SMARTS) is 1. The lowest BCUT2D eigenvalue weighted by Gasteiger charge is -2.06. The number of thiol groups is 2. The van der Waals surface area contributed by atoms with E-state index in [0.717, 1.165) is 12.8 Å². The van der Waals surface area contributed by atoms with Crippen molar-refractivity contribution in [2.45, 2.75) is 88.2 Å². The van der Waals surface area contributed by atoms with Crippen molar-refractivity contribution in [2.75, 3.05) is 6.61 Å². The molecule has 0 bridgehead atoms. The van der Waals surface area contributed by atoms with Crippen LogP contribution in [0, 0.1) is 0 Å². The first kappa shape index (κ1) is 24.3. The first-order valence-corrected chi connectivity index (χ1v) is 9.36. The summed E-state index contributed by atoms with van der Waals surface area (Å²) in [6, 6.07) is 0. The van der Waals surface area contributed by atoms with Gasteiger partial charge in [0.2, 0.25) is 0 Å². The minimum Gasteiger partial charge on any atom is -0.480 e. The summed E-state index contributed by atoms with van der Waals surface area (Å²) in [5, 5.41) is 25.6. The van der Waals surface area contributed by atoms with Crippen molar-refractivity contribution in [1.29, 1.82) is 0 Å². The van der Waals surface area contributed by atoms with Gasteiger partial charge in [0.05, 0.1) is 12.7 Å². The minimum absolute atomic E-state index is 0.0859. The summed E-state index contributed by atoms with van der Waals surface area (Å²) < 4.78 is -0.843. The second-order valence-corrected chi connectivity index (χ2v) is 6.96. The molecule has 0 aromatic heterocycles. The van der Waals surface area contributed by atoms with E-state index in [4.69, 9.17) is 15.3 Å². The van der Waals surface area contributed by atoms with Crippen molar-refractivity contribution in [3.05, 3.63) is 0 Å². The van der Waals surface area contributed by atoms with Crippen molar-refractivity contribution in [3.63, 3.8) is 0 Å². The van der Waals surface area contributed by atoms with E-state index < -0.39 is 16.7 Å². The van der Waals surface area contributed by atoms with E-state index in [2.05, 4.69) is 32.2 Å². The molecule has 3 N–H and O–H groups in total. The van der Waals surface area contributed by atoms with Crippen molar-refractivity contribution in [3.8, 4) is 0 Å². The standard InChI is InChI=1S/C14H30O2.C2H4O2S2/c1-2-3-4-5-6-7-8-9-10-11-12-14(16)13-15;3-1(4)2(5)6/h14-16H,2-13H2,1H3;2,5-6H,(H,3,4). The normalized spacial score (nSPS) is 11.9. The van der Waals surface area contributed by atoms with Crippen molar-refractivity contribution < 1.29 is 20.1 Å². The first-order valence-electron chi connectivity index (χ1n) is 8.33. The van der Waals surface area contributed by atoms with Crippen LogP contribution in [0.2, 0.25) is 0 Å². The average molecular weight is 355 g/mol. The summed E-state index contributed by atoms with van der Waals surface area (Å²) in [5.74, 6) is -1.01. The Labute approximate surface area is 146 Å². The Hall–Kier alpha value is 0.0900. The highest BCUT2D eigenvalue weighted by Gasteiger charge is 2.01. The zero-order chi connectivity index (χ0) is 17.2. The fourth-order valence-electron chi connectivity index (χ4n) is 1.96. The average Bonchev–Trinajstić information content (AvgIpc) is 2.49. The summed E-state index contributed by atoms with van der Waals surface area (Å²) >= 11 is 6.92. The molecule has 4 nitrogen and oxygen atoms in total. The lowest BCUT2D eigenvalue weighted by atomic mass is 10.0. The highest BCUT2D eigenvalue weighted by molar-refractivity contribution is 8.00. The predicted molar refractivity (Wildman–Crippen MR) is 98.9 cm³/mol. The molecule has 0 amide bonds. The second-order valence-electron chi connectivity index (χ2n) is 5.52. The van der Waals surface area contributed by atoms with Crippen LogP contribution in [0.15, 0.2) is 0 Å². The Kier molecular flexibility index (Phi) is 21.2. The Morgan fingerprint density at radius 2 is 1.27 bits per heavy atom. The van der Waals surface area contributed by atoms with Crippen LogP contribution in [-0.2, 0) is 4.79 Å². The van der Waals surface area contributed by atoms with Crippen LogP contribution in [0.3, 0.4) is 0 Å². The number of carbonyl (C=O) groups is 1. The van der Waals surface area contributed by atoms with Gasteiger partial charge < -0.3 is 15.3 Å². The van der Waals surface area contributed by atoms with E-state index in [1.54, 1.807) is 0 Å². The topological polar surface area (TPSA) is 77.8 Å². The number of hydrogen-bond donors (Lipinski definition) is 5. The van der Waals surface area contributed by atoms with Gasteiger partial charge in [-0.3, -0.25) is 4.79 Å². The van der Waals surface area contributed by atoms with Gasteiger partial charge >= 0.3 is 5.97 Å². The summed E-state index contributed by atoms with van der Waals surface area (Å²) in [7, 11) is 0. The molecule has 1 atom stereocenters. The quantitative estimate of drug-likeness (QED) is 0.197. The molecule has 0 aromatic carbocycles. The highest BCUT2D eigenvalue weighted by atomic mass is 32.2. The molecule has 0 saturated heterocycles. The fourth-order valence-corrected chi connectivity index (χ4v) is 1.96. The summed E-state index contributed by atoms with van der Waals surface area (Å²) in [4.78, 5) is 9.55. The smallest absolute Gasteiger partial charge is 0.326 e. The molecule has 0 heterocycles. The lowest BCUT2D eigenvalue weighted by Crippen LogP contribution is -2.10. The Bertz CT molecular complexity index is 238. The molecule has 0 aliphatic heterocycles. The molecular weight excluding hydrogens is 320 g/mol. The Morgan fingerprint density at radius 3 is 1.59 bits per heavy atom. The van der Waals surface area contributed by atoms with E-state index in [1.807, 2.05) is 0 Å². The second kappa shape index (κ2) is 19.1. The predicted octanol–water partition coefficient (Wildman–Crippen LogP) is 3.91. The zero-order valence-corrected chi connectivity index (χ0v) is 15.6. The van der Waals surface area contributed by atoms with Gasteiger partial charge in [-0.05, 0) is 6.42 Å². The maximum absolute atomic E-state index is 9.55. The number of unbranched alkanes of at least 4 members (excludes halogenated alkanes) is 9. The van der Waals surface area contributed by atoms with Crippen LogP contribution in [0.25, 0.3) is 0 Å². The van der Waals surface area contributed by atoms with E-state index in [1.165, 1.54) is 57.8 Å². The van der Waals surface area contributed by atoms with Crippen LogP contribution in [0.4, 0.5) is 0 Å². The number of aliphatic hydroxyl groups excluding tert-OH is 2. The third-order valence-electron chi connectivity index (χ3n) is 3.32. The molecule has 0 aliphatic carbocycles. The van der Waals surface area contributed by atoms with Crippen LogP contribution >= 0.6 is 25.3 Å². The molecule has 0 rings (SSSR count). The van der Waals surface area contributed by atoms with Gasteiger partial charge in [-0.2, -0.15) is 25.3 Å². The fraction of sp³-hybridized carbons (Fsp3) is 0.938.